The number of rotatable bonds is 6. The highest BCUT2D eigenvalue weighted by Gasteiger charge is 2.30. The number of aromatic carboxylic acids is 1. The lowest BCUT2D eigenvalue weighted by atomic mass is 10.2. The summed E-state index contributed by atoms with van der Waals surface area (Å²) in [6.45, 7) is 0. The summed E-state index contributed by atoms with van der Waals surface area (Å²) in [7, 11) is 1.31. The van der Waals surface area contributed by atoms with Crippen molar-refractivity contribution in [1.29, 1.82) is 0 Å². The average molecular weight is 450 g/mol. The van der Waals surface area contributed by atoms with Crippen LogP contribution in [0.15, 0.2) is 48.7 Å². The van der Waals surface area contributed by atoms with Gasteiger partial charge in [0, 0.05) is 19.2 Å². The Morgan fingerprint density at radius 2 is 1.91 bits per heavy atom. The first-order chi connectivity index (χ1) is 15.0. The molecule has 0 atom stereocenters. The topological polar surface area (TPSA) is 137 Å². The number of nitrogens with one attached hydrogen (secondary N) is 1. The summed E-state index contributed by atoms with van der Waals surface area (Å²) in [5.74, 6) is -2.79. The van der Waals surface area contributed by atoms with E-state index in [4.69, 9.17) is 4.74 Å². The second-order valence-electron chi connectivity index (χ2n) is 6.39. The first-order valence-corrected chi connectivity index (χ1v) is 8.67. The van der Waals surface area contributed by atoms with E-state index in [0.29, 0.717) is 6.07 Å². The summed E-state index contributed by atoms with van der Waals surface area (Å²) in [5, 5.41) is 26.5. The molecule has 1 amide bonds. The molecule has 2 aromatic carbocycles. The predicted octanol–water partition coefficient (Wildman–Crippen LogP) is 4.09. The highest BCUT2D eigenvalue weighted by atomic mass is 19.4. The van der Waals surface area contributed by atoms with Crippen LogP contribution in [-0.4, -0.2) is 31.7 Å². The van der Waals surface area contributed by atoms with E-state index in [1.807, 2.05) is 0 Å². The number of amides is 1. The molecule has 0 saturated heterocycles. The number of nitro benzene ring substituents is 1. The van der Waals surface area contributed by atoms with Crippen molar-refractivity contribution in [3.8, 4) is 11.5 Å². The minimum absolute atomic E-state index is 0.147. The molecule has 1 heterocycles. The molecule has 13 heteroatoms. The number of benzene rings is 2. The number of ether oxygens (including phenoxy) is 1. The minimum Gasteiger partial charge on any atom is -0.477 e. The zero-order valence-electron chi connectivity index (χ0n) is 16.1. The van der Waals surface area contributed by atoms with Crippen LogP contribution in [0.3, 0.4) is 0 Å². The van der Waals surface area contributed by atoms with Gasteiger partial charge in [-0.1, -0.05) is 6.07 Å². The zero-order valence-corrected chi connectivity index (χ0v) is 16.1. The monoisotopic (exact) mass is 450 g/mol. The molecule has 0 bridgehead atoms. The van der Waals surface area contributed by atoms with E-state index >= 15 is 0 Å². The van der Waals surface area contributed by atoms with E-state index in [2.05, 4.69) is 10.4 Å². The molecule has 0 aliphatic carbocycles. The number of aromatic nitrogens is 2. The van der Waals surface area contributed by atoms with Crippen molar-refractivity contribution in [2.24, 2.45) is 7.05 Å². The summed E-state index contributed by atoms with van der Waals surface area (Å²) >= 11 is 0. The fourth-order valence-corrected chi connectivity index (χ4v) is 2.75. The second kappa shape index (κ2) is 8.37. The number of non-ortho nitro benzene ring substituents is 1. The third kappa shape index (κ3) is 4.83. The lowest BCUT2D eigenvalue weighted by molar-refractivity contribution is -0.384. The van der Waals surface area contributed by atoms with Crippen LogP contribution in [0.4, 0.5) is 24.5 Å². The van der Waals surface area contributed by atoms with E-state index in [9.17, 15) is 38.0 Å². The Hall–Kier alpha value is -4.42. The second-order valence-corrected chi connectivity index (χ2v) is 6.39. The maximum absolute atomic E-state index is 12.9. The summed E-state index contributed by atoms with van der Waals surface area (Å²) in [6, 6.07) is 6.96. The highest BCUT2D eigenvalue weighted by molar-refractivity contribution is 6.10. The van der Waals surface area contributed by atoms with Gasteiger partial charge in [-0.3, -0.25) is 19.6 Å². The maximum atomic E-state index is 12.9. The van der Waals surface area contributed by atoms with E-state index in [1.165, 1.54) is 13.1 Å². The van der Waals surface area contributed by atoms with Gasteiger partial charge in [-0.15, -0.1) is 0 Å². The van der Waals surface area contributed by atoms with Crippen LogP contribution in [0.25, 0.3) is 0 Å². The Kier molecular flexibility index (Phi) is 5.83. The molecule has 0 fully saturated rings. The molecule has 32 heavy (non-hydrogen) atoms. The molecule has 10 nitrogen and oxygen atoms in total. The normalized spacial score (nSPS) is 11.1. The molecule has 0 saturated carbocycles. The third-order valence-electron chi connectivity index (χ3n) is 4.14. The largest absolute Gasteiger partial charge is 0.477 e. The number of carboxylic acids is 1. The molecule has 0 aliphatic heterocycles. The highest BCUT2D eigenvalue weighted by Crippen LogP contribution is 2.34. The number of aryl methyl sites for hydroxylation is 1. The average Bonchev–Trinajstić information content (AvgIpc) is 3.09. The first kappa shape index (κ1) is 22.3. The summed E-state index contributed by atoms with van der Waals surface area (Å²) in [5.41, 5.74) is -2.35. The molecule has 0 spiro atoms. The van der Waals surface area contributed by atoms with Gasteiger partial charge in [0.1, 0.15) is 11.5 Å². The van der Waals surface area contributed by atoms with Crippen LogP contribution in [0.5, 0.6) is 11.5 Å². The summed E-state index contributed by atoms with van der Waals surface area (Å²) in [4.78, 5) is 34.3. The number of hydrogen-bond acceptors (Lipinski definition) is 6. The molecule has 2 N–H and O–H groups in total. The summed E-state index contributed by atoms with van der Waals surface area (Å²) in [6.07, 6.45) is -3.61. The van der Waals surface area contributed by atoms with Crippen LogP contribution >= 0.6 is 0 Å². The molecule has 3 aromatic rings. The predicted molar refractivity (Wildman–Crippen MR) is 103 cm³/mol. The maximum Gasteiger partial charge on any atom is 0.416 e. The molecule has 3 rings (SSSR count). The standard InChI is InChI=1S/C19H13F3N4O6/c1-25-16(18(28)29)15(9-23-25)17(27)24-11-6-12(26(30)31)8-14(7-11)32-13-4-2-3-10(5-13)19(20,21)22/h2-9H,1H3,(H,24,27)(H,28,29). The number of carboxylic acid groups (broad SMARTS) is 1. The Morgan fingerprint density at radius 3 is 2.53 bits per heavy atom. The van der Waals surface area contributed by atoms with Crippen LogP contribution in [0.2, 0.25) is 0 Å². The van der Waals surface area contributed by atoms with Crippen molar-refractivity contribution in [3.05, 3.63) is 75.6 Å². The number of nitro groups is 1. The van der Waals surface area contributed by atoms with Crippen LogP contribution < -0.4 is 10.1 Å². The van der Waals surface area contributed by atoms with Crippen molar-refractivity contribution in [3.63, 3.8) is 0 Å². The molecule has 1 aromatic heterocycles. The lowest BCUT2D eigenvalue weighted by Crippen LogP contribution is -2.17. The number of hydrogen-bond donors (Lipinski definition) is 2. The van der Waals surface area contributed by atoms with Gasteiger partial charge < -0.3 is 15.2 Å². The van der Waals surface area contributed by atoms with Crippen molar-refractivity contribution < 1.29 is 37.5 Å². The minimum atomic E-state index is -4.62. The zero-order chi connectivity index (χ0) is 23.6. The third-order valence-corrected chi connectivity index (χ3v) is 4.14. The van der Waals surface area contributed by atoms with E-state index in [1.54, 1.807) is 0 Å². The molecule has 166 valence electrons. The number of nitrogens with zero attached hydrogens (tertiary/aromatic N) is 3. The molecule has 0 unspecified atom stereocenters. The van der Waals surface area contributed by atoms with Crippen molar-refractivity contribution in [2.75, 3.05) is 5.32 Å². The Morgan fingerprint density at radius 1 is 1.19 bits per heavy atom. The number of carbonyl (C=O) groups is 2. The number of carbonyl (C=O) groups excluding carboxylic acids is 1. The molecule has 0 radical (unpaired) electrons. The smallest absolute Gasteiger partial charge is 0.416 e. The quantitative estimate of drug-likeness (QED) is 0.426. The fraction of sp³-hybridized carbons (Fsp3) is 0.105. The summed E-state index contributed by atoms with van der Waals surface area (Å²) < 4.78 is 45.0. The molecular formula is C19H13F3N4O6. The molecular weight excluding hydrogens is 437 g/mol. The van der Waals surface area contributed by atoms with Crippen LogP contribution in [0.1, 0.15) is 26.4 Å². The number of anilines is 1. The lowest BCUT2D eigenvalue weighted by Gasteiger charge is -2.11. The Balaban J connectivity index is 1.93. The van der Waals surface area contributed by atoms with Gasteiger partial charge >= 0.3 is 12.1 Å². The van der Waals surface area contributed by atoms with Gasteiger partial charge in [-0.05, 0) is 18.2 Å². The van der Waals surface area contributed by atoms with Crippen molar-refractivity contribution in [1.82, 2.24) is 9.78 Å². The Bertz CT molecular complexity index is 1220. The van der Waals surface area contributed by atoms with E-state index < -0.39 is 39.9 Å². The number of alkyl halides is 3. The van der Waals surface area contributed by atoms with Gasteiger partial charge in [0.05, 0.1) is 34.0 Å². The SMILES string of the molecule is Cn1ncc(C(=O)Nc2cc(Oc3cccc(C(F)(F)F)c3)cc([N+](=O)[O-])c2)c1C(=O)O. The van der Waals surface area contributed by atoms with E-state index in [-0.39, 0.29) is 22.7 Å². The Labute approximate surface area is 177 Å². The van der Waals surface area contributed by atoms with Gasteiger partial charge in [0.2, 0.25) is 0 Å². The van der Waals surface area contributed by atoms with Crippen molar-refractivity contribution >= 4 is 23.3 Å². The van der Waals surface area contributed by atoms with Crippen LogP contribution in [-0.2, 0) is 13.2 Å². The van der Waals surface area contributed by atoms with Gasteiger partial charge in [-0.2, -0.15) is 18.3 Å². The van der Waals surface area contributed by atoms with E-state index in [0.717, 1.165) is 41.2 Å². The van der Waals surface area contributed by atoms with Gasteiger partial charge in [0.25, 0.3) is 11.6 Å². The van der Waals surface area contributed by atoms with Crippen LogP contribution in [0, 0.1) is 10.1 Å². The molecule has 0 aliphatic rings. The van der Waals surface area contributed by atoms with Gasteiger partial charge in [0.15, 0.2) is 5.69 Å². The number of halogens is 3. The van der Waals surface area contributed by atoms with Crippen molar-refractivity contribution in [2.45, 2.75) is 6.18 Å². The first-order valence-electron chi connectivity index (χ1n) is 8.67. The fourth-order valence-electron chi connectivity index (χ4n) is 2.75. The van der Waals surface area contributed by atoms with Gasteiger partial charge in [-0.25, -0.2) is 4.79 Å².